The van der Waals surface area contributed by atoms with Crippen molar-refractivity contribution in [3.8, 4) is 0 Å². The van der Waals surface area contributed by atoms with E-state index in [4.69, 9.17) is 0 Å². The highest BCUT2D eigenvalue weighted by Crippen LogP contribution is 2.32. The molecule has 0 aliphatic carbocycles. The molecule has 0 unspecified atom stereocenters. The van der Waals surface area contributed by atoms with E-state index in [1.54, 1.807) is 6.07 Å². The van der Waals surface area contributed by atoms with E-state index < -0.39 is 5.54 Å². The number of aromatic amines is 1. The van der Waals surface area contributed by atoms with Gasteiger partial charge < -0.3 is 25.3 Å². The Balaban J connectivity index is 1.12. The lowest BCUT2D eigenvalue weighted by molar-refractivity contribution is 0.0915. The van der Waals surface area contributed by atoms with Crippen LogP contribution in [-0.2, 0) is 5.54 Å². The molecule has 0 bridgehead atoms. The highest BCUT2D eigenvalue weighted by molar-refractivity contribution is 7.20. The van der Waals surface area contributed by atoms with Crippen LogP contribution >= 0.6 is 11.3 Å². The lowest BCUT2D eigenvalue weighted by atomic mass is 9.93. The predicted molar refractivity (Wildman–Crippen MR) is 166 cm³/mol. The number of anilines is 3. The second-order valence-electron chi connectivity index (χ2n) is 11.5. The summed E-state index contributed by atoms with van der Waals surface area (Å²) in [4.78, 5) is 34.7. The molecule has 2 aromatic heterocycles. The molecule has 4 aromatic rings. The van der Waals surface area contributed by atoms with Crippen LogP contribution in [0, 0.1) is 0 Å². The zero-order chi connectivity index (χ0) is 28.6. The van der Waals surface area contributed by atoms with Gasteiger partial charge in [-0.3, -0.25) is 14.7 Å². The van der Waals surface area contributed by atoms with Gasteiger partial charge in [0.2, 0.25) is 0 Å². The van der Waals surface area contributed by atoms with Crippen LogP contribution in [0.5, 0.6) is 0 Å². The van der Waals surface area contributed by atoms with E-state index in [9.17, 15) is 9.59 Å². The number of fused-ring (bicyclic) bond motifs is 1. The van der Waals surface area contributed by atoms with Crippen LogP contribution in [0.15, 0.2) is 54.6 Å². The fraction of sp³-hybridized carbons (Fsp3) is 0.387. The summed E-state index contributed by atoms with van der Waals surface area (Å²) in [5.74, 6) is 0.0218. The second-order valence-corrected chi connectivity index (χ2v) is 12.6. The van der Waals surface area contributed by atoms with E-state index in [2.05, 4.69) is 66.8 Å². The Morgan fingerprint density at radius 2 is 1.59 bits per heavy atom. The number of aromatic nitrogens is 2. The zero-order valence-electron chi connectivity index (χ0n) is 23.9. The van der Waals surface area contributed by atoms with Gasteiger partial charge in [0, 0.05) is 56.2 Å². The van der Waals surface area contributed by atoms with Crippen molar-refractivity contribution >= 4 is 50.6 Å². The van der Waals surface area contributed by atoms with Crippen molar-refractivity contribution in [3.05, 3.63) is 70.6 Å². The molecule has 4 heterocycles. The fourth-order valence-corrected chi connectivity index (χ4v) is 6.47. The number of H-pyrrole nitrogens is 1. The first-order chi connectivity index (χ1) is 19.8. The van der Waals surface area contributed by atoms with Gasteiger partial charge in [0.1, 0.15) is 4.83 Å². The van der Waals surface area contributed by atoms with Gasteiger partial charge in [-0.2, -0.15) is 5.10 Å². The first-order valence-corrected chi connectivity index (χ1v) is 15.1. The van der Waals surface area contributed by atoms with Crippen LogP contribution in [0.2, 0.25) is 0 Å². The Kier molecular flexibility index (Phi) is 7.44. The van der Waals surface area contributed by atoms with Crippen molar-refractivity contribution in [3.63, 3.8) is 0 Å². The van der Waals surface area contributed by atoms with Crippen molar-refractivity contribution in [2.75, 3.05) is 61.4 Å². The van der Waals surface area contributed by atoms with E-state index in [1.165, 1.54) is 29.9 Å². The number of amides is 2. The summed E-state index contributed by atoms with van der Waals surface area (Å²) in [5, 5.41) is 14.1. The largest absolute Gasteiger partial charge is 0.372 e. The Labute approximate surface area is 244 Å². The first kappa shape index (κ1) is 27.3. The summed E-state index contributed by atoms with van der Waals surface area (Å²) in [6.45, 7) is 10.2. The van der Waals surface area contributed by atoms with Gasteiger partial charge in [-0.1, -0.05) is 12.1 Å². The number of nitrogens with one attached hydrogen (secondary N) is 3. The number of carbonyl (C=O) groups excluding carboxylic acids is 2. The Morgan fingerprint density at radius 1 is 0.878 bits per heavy atom. The third-order valence-corrected chi connectivity index (χ3v) is 9.21. The van der Waals surface area contributed by atoms with E-state index in [0.29, 0.717) is 16.3 Å². The molecule has 0 saturated carbocycles. The molecule has 3 N–H and O–H groups in total. The third kappa shape index (κ3) is 5.80. The summed E-state index contributed by atoms with van der Waals surface area (Å²) < 4.78 is 0. The SMILES string of the molecule is CN1CCN(c2ccc(C(=O)Nc3n[nH]c4sc(C(=O)NC(C)(C)c5cccc(N6CCCC6)c5)cc34)cc2)CC1. The number of likely N-dealkylation sites (N-methyl/N-ethyl adjacent to an activating group) is 1. The molecule has 0 spiro atoms. The standard InChI is InChI=1S/C31H37N7O2S/c1-31(2,22-7-6-8-24(19-22)37-13-4-5-14-37)33-29(40)26-20-25-27(34-35-30(25)41-26)32-28(39)21-9-11-23(12-10-21)38-17-15-36(3)16-18-38/h6-12,19-20H,4-5,13-18H2,1-3H3,(H,33,40)(H2,32,34,35,39). The second kappa shape index (κ2) is 11.2. The molecule has 0 radical (unpaired) electrons. The minimum Gasteiger partial charge on any atom is -0.372 e. The number of rotatable bonds is 7. The molecule has 2 aromatic carbocycles. The summed E-state index contributed by atoms with van der Waals surface area (Å²) in [6.07, 6.45) is 2.44. The number of hydrogen-bond donors (Lipinski definition) is 3. The molecule has 0 atom stereocenters. The third-order valence-electron chi connectivity index (χ3n) is 8.18. The number of carbonyl (C=O) groups is 2. The molecule has 10 heteroatoms. The lowest BCUT2D eigenvalue weighted by Crippen LogP contribution is -2.44. The molecule has 2 saturated heterocycles. The summed E-state index contributed by atoms with van der Waals surface area (Å²) in [7, 11) is 2.13. The monoisotopic (exact) mass is 571 g/mol. The molecule has 2 aliphatic rings. The topological polar surface area (TPSA) is 96.6 Å². The van der Waals surface area contributed by atoms with Gasteiger partial charge in [0.25, 0.3) is 11.8 Å². The van der Waals surface area contributed by atoms with E-state index >= 15 is 0 Å². The number of hydrogen-bond acceptors (Lipinski definition) is 7. The van der Waals surface area contributed by atoms with Crippen LogP contribution < -0.4 is 20.4 Å². The molecule has 214 valence electrons. The van der Waals surface area contributed by atoms with Gasteiger partial charge in [0.05, 0.1) is 15.8 Å². The maximum Gasteiger partial charge on any atom is 0.262 e. The summed E-state index contributed by atoms with van der Waals surface area (Å²) in [5.41, 5.74) is 3.38. The highest BCUT2D eigenvalue weighted by atomic mass is 32.1. The van der Waals surface area contributed by atoms with Crippen molar-refractivity contribution in [2.24, 2.45) is 0 Å². The fourth-order valence-electron chi connectivity index (χ4n) is 5.58. The van der Waals surface area contributed by atoms with Gasteiger partial charge in [-0.15, -0.1) is 11.3 Å². The van der Waals surface area contributed by atoms with Crippen molar-refractivity contribution < 1.29 is 9.59 Å². The van der Waals surface area contributed by atoms with E-state index in [0.717, 1.165) is 60.7 Å². The highest BCUT2D eigenvalue weighted by Gasteiger charge is 2.26. The molecule has 2 amide bonds. The molecule has 2 fully saturated rings. The molecule has 41 heavy (non-hydrogen) atoms. The van der Waals surface area contributed by atoms with Gasteiger partial charge in [-0.25, -0.2) is 0 Å². The van der Waals surface area contributed by atoms with Gasteiger partial charge >= 0.3 is 0 Å². The zero-order valence-corrected chi connectivity index (χ0v) is 24.7. The Hall–Kier alpha value is -3.89. The van der Waals surface area contributed by atoms with Gasteiger partial charge in [0.15, 0.2) is 5.82 Å². The average molecular weight is 572 g/mol. The number of piperazine rings is 1. The predicted octanol–water partition coefficient (Wildman–Crippen LogP) is 4.89. The summed E-state index contributed by atoms with van der Waals surface area (Å²) in [6, 6.07) is 17.9. The molecular weight excluding hydrogens is 534 g/mol. The minimum atomic E-state index is -0.559. The van der Waals surface area contributed by atoms with Gasteiger partial charge in [-0.05, 0) is 81.8 Å². The van der Waals surface area contributed by atoms with Crippen molar-refractivity contribution in [1.29, 1.82) is 0 Å². The normalized spacial score (nSPS) is 16.4. The molecule has 2 aliphatic heterocycles. The van der Waals surface area contributed by atoms with E-state index in [-0.39, 0.29) is 11.8 Å². The Bertz CT molecular complexity index is 1540. The van der Waals surface area contributed by atoms with Crippen molar-refractivity contribution in [1.82, 2.24) is 20.4 Å². The summed E-state index contributed by atoms with van der Waals surface area (Å²) >= 11 is 1.33. The molecule has 9 nitrogen and oxygen atoms in total. The lowest BCUT2D eigenvalue weighted by Gasteiger charge is -2.34. The number of nitrogens with zero attached hydrogens (tertiary/aromatic N) is 4. The smallest absolute Gasteiger partial charge is 0.262 e. The quantitative estimate of drug-likeness (QED) is 0.292. The Morgan fingerprint density at radius 3 is 2.32 bits per heavy atom. The van der Waals surface area contributed by atoms with Crippen LogP contribution in [0.3, 0.4) is 0 Å². The van der Waals surface area contributed by atoms with Crippen LogP contribution in [-0.4, -0.2) is 73.2 Å². The maximum atomic E-state index is 13.3. The minimum absolute atomic E-state index is 0.159. The molecular formula is C31H37N7O2S. The van der Waals surface area contributed by atoms with Crippen LogP contribution in [0.4, 0.5) is 17.2 Å². The number of benzene rings is 2. The van der Waals surface area contributed by atoms with Crippen LogP contribution in [0.25, 0.3) is 10.2 Å². The van der Waals surface area contributed by atoms with Crippen molar-refractivity contribution in [2.45, 2.75) is 32.2 Å². The molecule has 6 rings (SSSR count). The maximum absolute atomic E-state index is 13.3. The number of thiophene rings is 1. The van der Waals surface area contributed by atoms with E-state index in [1.807, 2.05) is 38.1 Å². The average Bonchev–Trinajstić information content (AvgIpc) is 3.73. The van der Waals surface area contributed by atoms with Crippen LogP contribution in [0.1, 0.15) is 52.3 Å². The first-order valence-electron chi connectivity index (χ1n) is 14.3.